The minimum atomic E-state index is 0.136. The zero-order chi connectivity index (χ0) is 15.2. The molecule has 1 unspecified atom stereocenters. The quantitative estimate of drug-likeness (QED) is 0.774. The molecule has 1 N–H and O–H groups in total. The molecule has 2 nitrogen and oxygen atoms in total. The third-order valence-electron chi connectivity index (χ3n) is 3.37. The molecule has 1 atom stereocenters. The highest BCUT2D eigenvalue weighted by molar-refractivity contribution is 7.98. The van der Waals surface area contributed by atoms with Gasteiger partial charge in [-0.1, -0.05) is 36.7 Å². The monoisotopic (exact) mass is 321 g/mol. The van der Waals surface area contributed by atoms with Crippen molar-refractivity contribution in [3.8, 4) is 5.75 Å². The highest BCUT2D eigenvalue weighted by Gasteiger charge is 2.14. The van der Waals surface area contributed by atoms with E-state index in [-0.39, 0.29) is 6.04 Å². The zero-order valence-electron chi connectivity index (χ0n) is 12.5. The van der Waals surface area contributed by atoms with Crippen molar-refractivity contribution in [1.82, 2.24) is 5.32 Å². The number of halogens is 1. The van der Waals surface area contributed by atoms with Crippen LogP contribution in [0.5, 0.6) is 5.75 Å². The van der Waals surface area contributed by atoms with E-state index in [4.69, 9.17) is 16.3 Å². The van der Waals surface area contributed by atoms with E-state index < -0.39 is 0 Å². The first kappa shape index (κ1) is 16.2. The zero-order valence-corrected chi connectivity index (χ0v) is 14.1. The maximum atomic E-state index is 6.12. The van der Waals surface area contributed by atoms with Crippen LogP contribution in [0.2, 0.25) is 5.02 Å². The SMILES string of the molecule is CCNC(c1ccc(SC)cc1)c1ccc(Cl)c(OC)c1. The number of benzene rings is 2. The van der Waals surface area contributed by atoms with Crippen LogP contribution in [0.15, 0.2) is 47.4 Å². The Balaban J connectivity index is 2.37. The predicted molar refractivity (Wildman–Crippen MR) is 91.7 cm³/mol. The van der Waals surface area contributed by atoms with Crippen molar-refractivity contribution >= 4 is 23.4 Å². The normalized spacial score (nSPS) is 12.2. The lowest BCUT2D eigenvalue weighted by Crippen LogP contribution is -2.22. The Morgan fingerprint density at radius 2 is 1.81 bits per heavy atom. The van der Waals surface area contributed by atoms with Crippen molar-refractivity contribution in [2.45, 2.75) is 17.9 Å². The van der Waals surface area contributed by atoms with E-state index in [1.807, 2.05) is 18.2 Å². The fourth-order valence-electron chi connectivity index (χ4n) is 2.28. The van der Waals surface area contributed by atoms with Crippen LogP contribution in [0.3, 0.4) is 0 Å². The van der Waals surface area contributed by atoms with Crippen molar-refractivity contribution in [1.29, 1.82) is 0 Å². The summed E-state index contributed by atoms with van der Waals surface area (Å²) in [5.41, 5.74) is 2.38. The van der Waals surface area contributed by atoms with Crippen LogP contribution >= 0.6 is 23.4 Å². The molecule has 4 heteroatoms. The molecule has 21 heavy (non-hydrogen) atoms. The second-order valence-corrected chi connectivity index (χ2v) is 5.94. The highest BCUT2D eigenvalue weighted by Crippen LogP contribution is 2.31. The van der Waals surface area contributed by atoms with Crippen LogP contribution in [-0.2, 0) is 0 Å². The lowest BCUT2D eigenvalue weighted by Gasteiger charge is -2.20. The van der Waals surface area contributed by atoms with Crippen molar-refractivity contribution in [2.75, 3.05) is 19.9 Å². The third kappa shape index (κ3) is 3.94. The first-order valence-electron chi connectivity index (χ1n) is 6.90. The largest absolute Gasteiger partial charge is 0.495 e. The van der Waals surface area contributed by atoms with E-state index in [1.165, 1.54) is 10.5 Å². The van der Waals surface area contributed by atoms with Gasteiger partial charge in [-0.3, -0.25) is 0 Å². The Kier molecular flexibility index (Phi) is 5.97. The molecule has 112 valence electrons. The van der Waals surface area contributed by atoms with Gasteiger partial charge in [-0.05, 0) is 48.2 Å². The average molecular weight is 322 g/mol. The molecule has 0 saturated heterocycles. The molecule has 0 aliphatic heterocycles. The summed E-state index contributed by atoms with van der Waals surface area (Å²) in [5.74, 6) is 0.706. The van der Waals surface area contributed by atoms with Gasteiger partial charge in [-0.15, -0.1) is 11.8 Å². The maximum absolute atomic E-state index is 6.12. The number of ether oxygens (including phenoxy) is 1. The molecule has 0 amide bonds. The number of nitrogens with one attached hydrogen (secondary N) is 1. The molecule has 0 aliphatic carbocycles. The first-order valence-corrected chi connectivity index (χ1v) is 8.50. The predicted octanol–water partition coefficient (Wildman–Crippen LogP) is 4.77. The van der Waals surface area contributed by atoms with Crippen molar-refractivity contribution in [2.24, 2.45) is 0 Å². The molecule has 0 bridgehead atoms. The van der Waals surface area contributed by atoms with Gasteiger partial charge in [0.25, 0.3) is 0 Å². The van der Waals surface area contributed by atoms with Crippen molar-refractivity contribution in [3.63, 3.8) is 0 Å². The Morgan fingerprint density at radius 1 is 1.14 bits per heavy atom. The molecular formula is C17H20ClNOS. The number of rotatable bonds is 6. The summed E-state index contributed by atoms with van der Waals surface area (Å²) in [6, 6.07) is 14.7. The lowest BCUT2D eigenvalue weighted by molar-refractivity contribution is 0.414. The number of hydrogen-bond donors (Lipinski definition) is 1. The summed E-state index contributed by atoms with van der Waals surface area (Å²) in [5, 5.41) is 4.15. The summed E-state index contributed by atoms with van der Waals surface area (Å²) in [6.45, 7) is 3.00. The standard InChI is InChI=1S/C17H20ClNOS/c1-4-19-17(12-5-8-14(21-3)9-6-12)13-7-10-15(18)16(11-13)20-2/h5-11,17,19H,4H2,1-3H3. The molecule has 0 fully saturated rings. The smallest absolute Gasteiger partial charge is 0.137 e. The Hall–Kier alpha value is -1.16. The Bertz CT molecular complexity index is 586. The Morgan fingerprint density at radius 3 is 2.38 bits per heavy atom. The van der Waals surface area contributed by atoms with Crippen LogP contribution in [0.1, 0.15) is 24.1 Å². The third-order valence-corrected chi connectivity index (χ3v) is 4.42. The minimum absolute atomic E-state index is 0.136. The summed E-state index contributed by atoms with van der Waals surface area (Å²) >= 11 is 7.86. The molecule has 0 aliphatic rings. The lowest BCUT2D eigenvalue weighted by atomic mass is 9.98. The van der Waals surface area contributed by atoms with E-state index >= 15 is 0 Å². The van der Waals surface area contributed by atoms with Crippen LogP contribution < -0.4 is 10.1 Å². The number of methoxy groups -OCH3 is 1. The second kappa shape index (κ2) is 7.74. The van der Waals surface area contributed by atoms with Gasteiger partial charge in [0.1, 0.15) is 5.75 Å². The summed E-state index contributed by atoms with van der Waals surface area (Å²) < 4.78 is 5.32. The van der Waals surface area contributed by atoms with Crippen molar-refractivity contribution < 1.29 is 4.74 Å². The van der Waals surface area contributed by atoms with Crippen LogP contribution in [-0.4, -0.2) is 19.9 Å². The van der Waals surface area contributed by atoms with Crippen LogP contribution in [0.25, 0.3) is 0 Å². The average Bonchev–Trinajstić information content (AvgIpc) is 2.53. The van der Waals surface area contributed by atoms with Gasteiger partial charge in [0.15, 0.2) is 0 Å². The second-order valence-electron chi connectivity index (χ2n) is 4.66. The minimum Gasteiger partial charge on any atom is -0.495 e. The molecule has 0 spiro atoms. The van der Waals surface area contributed by atoms with Crippen LogP contribution in [0.4, 0.5) is 0 Å². The fraction of sp³-hybridized carbons (Fsp3) is 0.294. The molecule has 2 rings (SSSR count). The summed E-state index contributed by atoms with van der Waals surface area (Å²) in [6.07, 6.45) is 2.08. The van der Waals surface area contributed by atoms with E-state index in [0.29, 0.717) is 10.8 Å². The van der Waals surface area contributed by atoms with E-state index in [1.54, 1.807) is 18.9 Å². The summed E-state index contributed by atoms with van der Waals surface area (Å²) in [4.78, 5) is 1.27. The van der Waals surface area contributed by atoms with Gasteiger partial charge in [0.2, 0.25) is 0 Å². The van der Waals surface area contributed by atoms with Gasteiger partial charge in [-0.2, -0.15) is 0 Å². The molecule has 0 radical (unpaired) electrons. The van der Waals surface area contributed by atoms with E-state index in [0.717, 1.165) is 12.1 Å². The first-order chi connectivity index (χ1) is 10.2. The van der Waals surface area contributed by atoms with Gasteiger partial charge in [0.05, 0.1) is 18.2 Å². The Labute approximate surface area is 135 Å². The van der Waals surface area contributed by atoms with E-state index in [9.17, 15) is 0 Å². The highest BCUT2D eigenvalue weighted by atomic mass is 35.5. The maximum Gasteiger partial charge on any atom is 0.137 e. The fourth-order valence-corrected chi connectivity index (χ4v) is 2.89. The van der Waals surface area contributed by atoms with Gasteiger partial charge < -0.3 is 10.1 Å². The van der Waals surface area contributed by atoms with Gasteiger partial charge in [0, 0.05) is 4.90 Å². The van der Waals surface area contributed by atoms with Gasteiger partial charge in [-0.25, -0.2) is 0 Å². The van der Waals surface area contributed by atoms with Crippen LogP contribution in [0, 0.1) is 0 Å². The molecular weight excluding hydrogens is 302 g/mol. The van der Waals surface area contributed by atoms with Crippen molar-refractivity contribution in [3.05, 3.63) is 58.6 Å². The number of hydrogen-bond acceptors (Lipinski definition) is 3. The molecule has 0 heterocycles. The molecule has 0 aromatic heterocycles. The molecule has 0 saturated carbocycles. The topological polar surface area (TPSA) is 21.3 Å². The molecule has 2 aromatic carbocycles. The molecule has 2 aromatic rings. The van der Waals surface area contributed by atoms with Gasteiger partial charge >= 0.3 is 0 Å². The number of thioether (sulfide) groups is 1. The summed E-state index contributed by atoms with van der Waals surface area (Å²) in [7, 11) is 1.64. The van der Waals surface area contributed by atoms with E-state index in [2.05, 4.69) is 42.8 Å².